The Morgan fingerprint density at radius 3 is 2.54 bits per heavy atom. The first kappa shape index (κ1) is 28.0. The fraction of sp³-hybridized carbons (Fsp3) is 0.741. The van der Waals surface area contributed by atoms with Crippen LogP contribution in [0.4, 0.5) is 0 Å². The minimum absolute atomic E-state index is 0.0455. The van der Waals surface area contributed by atoms with Crippen LogP contribution in [0, 0.1) is 24.2 Å². The summed E-state index contributed by atoms with van der Waals surface area (Å²) in [5.41, 5.74) is 0.179. The molecular weight excluding hydrogens is 466 g/mol. The molecule has 3 rings (SSSR count). The molecule has 2 fully saturated rings. The number of aromatic nitrogens is 1. The summed E-state index contributed by atoms with van der Waals surface area (Å²) in [6.45, 7) is 12.8. The number of ether oxygens (including phenoxy) is 2. The van der Waals surface area contributed by atoms with Crippen LogP contribution >= 0.6 is 11.3 Å². The molecule has 2 aliphatic rings. The molecule has 7 atom stereocenters. The summed E-state index contributed by atoms with van der Waals surface area (Å²) in [7, 11) is 0. The highest BCUT2D eigenvalue weighted by Gasteiger charge is 2.53. The molecule has 3 heterocycles. The van der Waals surface area contributed by atoms with Gasteiger partial charge in [-0.3, -0.25) is 9.59 Å². The van der Waals surface area contributed by atoms with Crippen LogP contribution in [0.15, 0.2) is 11.0 Å². The molecule has 0 bridgehead atoms. The van der Waals surface area contributed by atoms with Crippen LogP contribution in [-0.2, 0) is 19.1 Å². The van der Waals surface area contributed by atoms with Crippen LogP contribution in [0.5, 0.6) is 0 Å². The van der Waals surface area contributed by atoms with E-state index in [9.17, 15) is 19.8 Å². The van der Waals surface area contributed by atoms with Gasteiger partial charge >= 0.3 is 5.97 Å². The average Bonchev–Trinajstić information content (AvgIpc) is 3.22. The maximum absolute atomic E-state index is 13.2. The van der Waals surface area contributed by atoms with Gasteiger partial charge in [-0.15, -0.1) is 11.3 Å². The summed E-state index contributed by atoms with van der Waals surface area (Å²) in [6.07, 6.45) is 1.98. The number of Topliss-reactive ketones (excluding diaryl/α,β-unsaturated/α-hetero) is 1. The molecule has 2 saturated heterocycles. The number of esters is 1. The van der Waals surface area contributed by atoms with Crippen LogP contribution in [0.3, 0.4) is 0 Å². The molecule has 0 saturated carbocycles. The number of thiazole rings is 1. The lowest BCUT2D eigenvalue weighted by Gasteiger charge is -2.34. The minimum atomic E-state index is -1.23. The number of cyclic esters (lactones) is 1. The topological polar surface area (TPSA) is 109 Å². The van der Waals surface area contributed by atoms with E-state index in [1.54, 1.807) is 32.1 Å². The fourth-order valence-corrected chi connectivity index (χ4v) is 5.64. The van der Waals surface area contributed by atoms with Gasteiger partial charge in [0, 0.05) is 17.7 Å². The van der Waals surface area contributed by atoms with Gasteiger partial charge in [0.15, 0.2) is 0 Å². The molecule has 7 nitrogen and oxygen atoms in total. The van der Waals surface area contributed by atoms with Crippen molar-refractivity contribution >= 4 is 29.2 Å². The van der Waals surface area contributed by atoms with Gasteiger partial charge in [0.25, 0.3) is 0 Å². The zero-order chi connectivity index (χ0) is 26.1. The van der Waals surface area contributed by atoms with E-state index >= 15 is 0 Å². The lowest BCUT2D eigenvalue weighted by Crippen LogP contribution is -2.45. The van der Waals surface area contributed by atoms with Crippen molar-refractivity contribution in [1.29, 1.82) is 0 Å². The number of epoxide rings is 1. The number of hydrogen-bond donors (Lipinski definition) is 2. The van der Waals surface area contributed by atoms with Crippen LogP contribution in [0.1, 0.15) is 84.3 Å². The van der Waals surface area contributed by atoms with Crippen molar-refractivity contribution < 1.29 is 29.3 Å². The van der Waals surface area contributed by atoms with Crippen molar-refractivity contribution in [2.45, 2.75) is 111 Å². The molecule has 0 aromatic carbocycles. The Balaban J connectivity index is 1.85. The van der Waals surface area contributed by atoms with E-state index in [0.717, 1.165) is 35.5 Å². The standard InChI is InChI=1S/C27H41NO6S/c1-15-9-8-10-27(7)22(34-27)12-20(16(2)11-19-14-35-18(4)28-19)33-23(30)13-21(29)26(5,6)25(32)17(3)24(15)31/h11,14-15,17,20-22,24,29,31H,8-10,12-13H2,1-7H3/b16-11+/t15-,17+,20-,21+,22-,24+,27-/m0/s1. The van der Waals surface area contributed by atoms with E-state index in [1.165, 1.54) is 0 Å². The van der Waals surface area contributed by atoms with Gasteiger partial charge in [0.05, 0.1) is 46.5 Å². The molecule has 0 aliphatic carbocycles. The van der Waals surface area contributed by atoms with Gasteiger partial charge in [0.1, 0.15) is 11.9 Å². The molecule has 0 amide bonds. The summed E-state index contributed by atoms with van der Waals surface area (Å²) in [5, 5.41) is 24.6. The van der Waals surface area contributed by atoms with Crippen molar-refractivity contribution in [2.75, 3.05) is 0 Å². The van der Waals surface area contributed by atoms with Gasteiger partial charge in [0.2, 0.25) is 0 Å². The van der Waals surface area contributed by atoms with Crippen molar-refractivity contribution in [3.63, 3.8) is 0 Å². The third kappa shape index (κ3) is 6.59. The molecule has 196 valence electrons. The Morgan fingerprint density at radius 2 is 1.91 bits per heavy atom. The highest BCUT2D eigenvalue weighted by molar-refractivity contribution is 7.09. The number of hydrogen-bond acceptors (Lipinski definition) is 8. The zero-order valence-corrected chi connectivity index (χ0v) is 22.9. The quantitative estimate of drug-likeness (QED) is 0.449. The second kappa shape index (κ2) is 10.8. The number of aliphatic hydroxyl groups excluding tert-OH is 2. The van der Waals surface area contributed by atoms with Crippen molar-refractivity contribution in [3.05, 3.63) is 21.7 Å². The molecule has 2 N–H and O–H groups in total. The number of rotatable bonds is 2. The van der Waals surface area contributed by atoms with E-state index in [0.29, 0.717) is 6.42 Å². The Kier molecular flexibility index (Phi) is 8.62. The maximum atomic E-state index is 13.2. The van der Waals surface area contributed by atoms with E-state index in [-0.39, 0.29) is 29.8 Å². The van der Waals surface area contributed by atoms with E-state index < -0.39 is 35.6 Å². The van der Waals surface area contributed by atoms with E-state index in [1.807, 2.05) is 32.2 Å². The van der Waals surface area contributed by atoms with Crippen molar-refractivity contribution in [3.8, 4) is 0 Å². The van der Waals surface area contributed by atoms with Crippen molar-refractivity contribution in [2.24, 2.45) is 17.3 Å². The van der Waals surface area contributed by atoms with Crippen LogP contribution < -0.4 is 0 Å². The number of ketones is 1. The Bertz CT molecular complexity index is 955. The number of aryl methyl sites for hydroxylation is 1. The summed E-state index contributed by atoms with van der Waals surface area (Å²) < 4.78 is 11.9. The molecular formula is C27H41NO6S. The largest absolute Gasteiger partial charge is 0.458 e. The average molecular weight is 508 g/mol. The minimum Gasteiger partial charge on any atom is -0.458 e. The molecule has 1 aromatic rings. The van der Waals surface area contributed by atoms with Gasteiger partial charge in [-0.1, -0.05) is 34.1 Å². The van der Waals surface area contributed by atoms with Gasteiger partial charge in [-0.2, -0.15) is 0 Å². The Morgan fingerprint density at radius 1 is 1.23 bits per heavy atom. The first-order chi connectivity index (χ1) is 16.2. The molecule has 2 aliphatic heterocycles. The van der Waals surface area contributed by atoms with Crippen molar-refractivity contribution in [1.82, 2.24) is 4.98 Å². The molecule has 35 heavy (non-hydrogen) atoms. The molecule has 0 spiro atoms. The normalized spacial score (nSPS) is 37.5. The lowest BCUT2D eigenvalue weighted by atomic mass is 9.73. The first-order valence-electron chi connectivity index (χ1n) is 12.6. The van der Waals surface area contributed by atoms with Gasteiger partial charge in [-0.25, -0.2) is 4.98 Å². The summed E-state index contributed by atoms with van der Waals surface area (Å²) in [6, 6.07) is 0. The third-order valence-electron chi connectivity index (χ3n) is 7.93. The molecule has 0 unspecified atom stereocenters. The highest BCUT2D eigenvalue weighted by atomic mass is 32.1. The Hall–Kier alpha value is -1.61. The Labute approximate surface area is 212 Å². The SMILES string of the molecule is C/C(=C\c1csc(C)n1)[C@@H]1C[C@@H]2O[C@@]2(C)CCC[C@H](C)[C@@H](O)[C@@H](C)C(=O)C(C)(C)[C@H](O)CC(=O)O1. The first-order valence-corrected chi connectivity index (χ1v) is 13.5. The molecule has 8 heteroatoms. The fourth-order valence-electron chi connectivity index (χ4n) is 5.07. The van der Waals surface area contributed by atoms with E-state index in [4.69, 9.17) is 9.47 Å². The van der Waals surface area contributed by atoms with Crippen LogP contribution in [-0.4, -0.2) is 57.0 Å². The summed E-state index contributed by atoms with van der Waals surface area (Å²) >= 11 is 1.56. The van der Waals surface area contributed by atoms with Crippen LogP contribution in [0.25, 0.3) is 6.08 Å². The van der Waals surface area contributed by atoms with Gasteiger partial charge in [-0.05, 0) is 51.2 Å². The smallest absolute Gasteiger partial charge is 0.309 e. The summed E-state index contributed by atoms with van der Waals surface area (Å²) in [4.78, 5) is 30.6. The maximum Gasteiger partial charge on any atom is 0.309 e. The number of aliphatic hydroxyl groups is 2. The predicted molar refractivity (Wildman–Crippen MR) is 136 cm³/mol. The van der Waals surface area contributed by atoms with Gasteiger partial charge < -0.3 is 19.7 Å². The number of carbonyl (C=O) groups is 2. The third-order valence-corrected chi connectivity index (χ3v) is 8.72. The second-order valence-electron chi connectivity index (χ2n) is 11.3. The highest BCUT2D eigenvalue weighted by Crippen LogP contribution is 2.45. The summed E-state index contributed by atoms with van der Waals surface area (Å²) in [5.74, 6) is -1.55. The number of fused-ring (bicyclic) bond motifs is 1. The van der Waals surface area contributed by atoms with Crippen LogP contribution in [0.2, 0.25) is 0 Å². The number of nitrogens with zero attached hydrogens (tertiary/aromatic N) is 1. The number of carbonyl (C=O) groups excluding carboxylic acids is 2. The zero-order valence-electron chi connectivity index (χ0n) is 22.0. The molecule has 0 radical (unpaired) electrons. The van der Waals surface area contributed by atoms with E-state index in [2.05, 4.69) is 11.9 Å². The second-order valence-corrected chi connectivity index (χ2v) is 12.3. The predicted octanol–water partition coefficient (Wildman–Crippen LogP) is 4.48. The monoisotopic (exact) mass is 507 g/mol. The lowest BCUT2D eigenvalue weighted by molar-refractivity contribution is -0.154. The molecule has 1 aromatic heterocycles.